The number of para-hydroxylation sites is 1. The van der Waals surface area contributed by atoms with Crippen LogP contribution in [0.5, 0.6) is 11.5 Å². The molecule has 2 aromatic carbocycles. The van der Waals surface area contributed by atoms with Gasteiger partial charge in [0.05, 0.1) is 28.7 Å². The molecule has 1 heterocycles. The Balaban J connectivity index is 1.78. The normalized spacial score (nSPS) is 14.6. The third-order valence-corrected chi connectivity index (χ3v) is 6.03. The van der Waals surface area contributed by atoms with Crippen molar-refractivity contribution in [2.45, 2.75) is 44.9 Å². The average Bonchev–Trinajstić information content (AvgIpc) is 2.83. The summed E-state index contributed by atoms with van der Waals surface area (Å²) in [6.07, 6.45) is 8.78. The summed E-state index contributed by atoms with van der Waals surface area (Å²) in [6, 6.07) is 11.0. The molecule has 0 amide bonds. The van der Waals surface area contributed by atoms with E-state index in [0.717, 1.165) is 31.5 Å². The van der Waals surface area contributed by atoms with E-state index in [4.69, 9.17) is 26.1 Å². The highest BCUT2D eigenvalue weighted by molar-refractivity contribution is 6.32. The molecular formula is C26H28ClN3O3. The van der Waals surface area contributed by atoms with Gasteiger partial charge in [0.15, 0.2) is 11.5 Å². The number of fused-ring (bicyclic) bond motifs is 1. The maximum atomic E-state index is 13.4. The molecule has 4 rings (SSSR count). The molecule has 0 radical (unpaired) electrons. The Kier molecular flexibility index (Phi) is 7.45. The Bertz CT molecular complexity index is 1230. The van der Waals surface area contributed by atoms with E-state index in [1.54, 1.807) is 30.5 Å². The van der Waals surface area contributed by atoms with Crippen LogP contribution in [0.15, 0.2) is 58.9 Å². The van der Waals surface area contributed by atoms with Crippen molar-refractivity contribution in [3.05, 3.63) is 75.8 Å². The van der Waals surface area contributed by atoms with Gasteiger partial charge in [0.25, 0.3) is 5.56 Å². The Morgan fingerprint density at radius 2 is 2.00 bits per heavy atom. The molecule has 1 aliphatic carbocycles. The molecule has 7 heteroatoms. The highest BCUT2D eigenvalue weighted by Crippen LogP contribution is 2.36. The van der Waals surface area contributed by atoms with Crippen molar-refractivity contribution < 1.29 is 9.47 Å². The van der Waals surface area contributed by atoms with Crippen molar-refractivity contribution in [1.29, 1.82) is 0 Å². The fraction of sp³-hybridized carbons (Fsp3) is 0.346. The van der Waals surface area contributed by atoms with Gasteiger partial charge < -0.3 is 9.47 Å². The molecule has 33 heavy (non-hydrogen) atoms. The van der Waals surface area contributed by atoms with Gasteiger partial charge in [-0.15, -0.1) is 0 Å². The van der Waals surface area contributed by atoms with E-state index in [1.165, 1.54) is 11.1 Å². The van der Waals surface area contributed by atoms with Gasteiger partial charge in [-0.3, -0.25) is 4.79 Å². The van der Waals surface area contributed by atoms with Crippen molar-refractivity contribution in [2.24, 2.45) is 5.10 Å². The minimum absolute atomic E-state index is 0.167. The van der Waals surface area contributed by atoms with Crippen molar-refractivity contribution in [2.75, 3.05) is 13.2 Å². The second-order valence-electron chi connectivity index (χ2n) is 8.05. The fourth-order valence-electron chi connectivity index (χ4n) is 4.21. The van der Waals surface area contributed by atoms with Crippen LogP contribution in [0.25, 0.3) is 10.9 Å². The molecule has 0 atom stereocenters. The largest absolute Gasteiger partial charge is 0.490 e. The summed E-state index contributed by atoms with van der Waals surface area (Å²) in [5.74, 6) is 1.91. The quantitative estimate of drug-likeness (QED) is 0.305. The second-order valence-corrected chi connectivity index (χ2v) is 8.45. The topological polar surface area (TPSA) is 65.7 Å². The predicted octanol–water partition coefficient (Wildman–Crippen LogP) is 5.94. The molecule has 0 unspecified atom stereocenters. The van der Waals surface area contributed by atoms with E-state index >= 15 is 0 Å². The van der Waals surface area contributed by atoms with Gasteiger partial charge >= 0.3 is 0 Å². The molecule has 0 bridgehead atoms. The molecule has 0 N–H and O–H groups in total. The average molecular weight is 466 g/mol. The standard InChI is InChI=1S/C26H28ClN3O3/c1-3-14-33-24-21(27)15-18(16-23(24)32-4-2)17-28-30-25(19-10-6-5-7-11-19)29-22-13-9-8-12-20(22)26(30)31/h3,8-9,12-13,15-17,19H,1,4-7,10-11,14H2,2H3. The molecule has 6 nitrogen and oxygen atoms in total. The number of benzene rings is 2. The van der Waals surface area contributed by atoms with Crippen molar-refractivity contribution in [3.63, 3.8) is 0 Å². The summed E-state index contributed by atoms with van der Waals surface area (Å²) in [7, 11) is 0. The molecule has 0 spiro atoms. The van der Waals surface area contributed by atoms with Gasteiger partial charge in [-0.05, 0) is 49.6 Å². The van der Waals surface area contributed by atoms with Crippen LogP contribution in [-0.4, -0.2) is 29.1 Å². The first-order valence-corrected chi connectivity index (χ1v) is 11.8. The lowest BCUT2D eigenvalue weighted by Crippen LogP contribution is -2.25. The van der Waals surface area contributed by atoms with Gasteiger partial charge in [0.1, 0.15) is 12.4 Å². The van der Waals surface area contributed by atoms with Gasteiger partial charge in [-0.1, -0.05) is 55.7 Å². The number of aromatic nitrogens is 2. The minimum Gasteiger partial charge on any atom is -0.490 e. The summed E-state index contributed by atoms with van der Waals surface area (Å²) in [6.45, 7) is 6.34. The maximum Gasteiger partial charge on any atom is 0.282 e. The zero-order valence-corrected chi connectivity index (χ0v) is 19.6. The number of nitrogens with zero attached hydrogens (tertiary/aromatic N) is 3. The first kappa shape index (κ1) is 23.1. The molecule has 3 aromatic rings. The van der Waals surface area contributed by atoms with Gasteiger partial charge in [0.2, 0.25) is 0 Å². The number of halogens is 1. The molecule has 0 aliphatic heterocycles. The zero-order valence-electron chi connectivity index (χ0n) is 18.8. The van der Waals surface area contributed by atoms with Crippen molar-refractivity contribution in [3.8, 4) is 11.5 Å². The summed E-state index contributed by atoms with van der Waals surface area (Å²) < 4.78 is 12.8. The first-order chi connectivity index (χ1) is 16.1. The van der Waals surface area contributed by atoms with Gasteiger partial charge in [0, 0.05) is 5.92 Å². The summed E-state index contributed by atoms with van der Waals surface area (Å²) >= 11 is 6.47. The van der Waals surface area contributed by atoms with Crippen LogP contribution in [0.3, 0.4) is 0 Å². The lowest BCUT2D eigenvalue weighted by atomic mass is 9.88. The van der Waals surface area contributed by atoms with Gasteiger partial charge in [-0.25, -0.2) is 4.98 Å². The third kappa shape index (κ3) is 5.11. The van der Waals surface area contributed by atoms with E-state index in [1.807, 2.05) is 25.1 Å². The van der Waals surface area contributed by atoms with E-state index in [9.17, 15) is 4.79 Å². The smallest absolute Gasteiger partial charge is 0.282 e. The van der Waals surface area contributed by atoms with Crippen LogP contribution in [-0.2, 0) is 0 Å². The zero-order chi connectivity index (χ0) is 23.2. The molecule has 1 aliphatic rings. The molecule has 1 aromatic heterocycles. The Labute approximate surface area is 198 Å². The lowest BCUT2D eigenvalue weighted by molar-refractivity contribution is 0.297. The van der Waals surface area contributed by atoms with Crippen LogP contribution in [0, 0.1) is 0 Å². The van der Waals surface area contributed by atoms with E-state index < -0.39 is 0 Å². The van der Waals surface area contributed by atoms with Crippen LogP contribution in [0.2, 0.25) is 5.02 Å². The molecular weight excluding hydrogens is 438 g/mol. The highest BCUT2D eigenvalue weighted by Gasteiger charge is 2.22. The number of hydrogen-bond acceptors (Lipinski definition) is 5. The molecule has 1 fully saturated rings. The minimum atomic E-state index is -0.167. The highest BCUT2D eigenvalue weighted by atomic mass is 35.5. The Morgan fingerprint density at radius 1 is 1.21 bits per heavy atom. The van der Waals surface area contributed by atoms with Crippen molar-refractivity contribution >= 4 is 28.7 Å². The third-order valence-electron chi connectivity index (χ3n) is 5.75. The summed E-state index contributed by atoms with van der Waals surface area (Å²) in [5.41, 5.74) is 1.24. The van der Waals surface area contributed by atoms with Crippen molar-refractivity contribution in [1.82, 2.24) is 9.66 Å². The number of hydrogen-bond donors (Lipinski definition) is 0. The molecule has 1 saturated carbocycles. The van der Waals surface area contributed by atoms with E-state index in [0.29, 0.717) is 46.2 Å². The maximum absolute atomic E-state index is 13.4. The monoisotopic (exact) mass is 465 g/mol. The van der Waals surface area contributed by atoms with Crippen LogP contribution in [0.4, 0.5) is 0 Å². The van der Waals surface area contributed by atoms with Crippen LogP contribution in [0.1, 0.15) is 56.3 Å². The SMILES string of the molecule is C=CCOc1c(Cl)cc(C=Nn2c(C3CCCCC3)nc3ccccc3c2=O)cc1OCC. The number of ether oxygens (including phenoxy) is 2. The van der Waals surface area contributed by atoms with E-state index in [-0.39, 0.29) is 11.5 Å². The van der Waals surface area contributed by atoms with Crippen LogP contribution >= 0.6 is 11.6 Å². The second kappa shape index (κ2) is 10.7. The Morgan fingerprint density at radius 3 is 2.76 bits per heavy atom. The van der Waals surface area contributed by atoms with E-state index in [2.05, 4.69) is 11.7 Å². The van der Waals surface area contributed by atoms with Crippen LogP contribution < -0.4 is 15.0 Å². The molecule has 0 saturated heterocycles. The lowest BCUT2D eigenvalue weighted by Gasteiger charge is -2.22. The fourth-order valence-corrected chi connectivity index (χ4v) is 4.48. The summed E-state index contributed by atoms with van der Waals surface area (Å²) in [4.78, 5) is 18.2. The molecule has 172 valence electrons. The predicted molar refractivity (Wildman–Crippen MR) is 133 cm³/mol. The number of rotatable bonds is 8. The Hall–Kier alpha value is -3.12. The van der Waals surface area contributed by atoms with Gasteiger partial charge in [-0.2, -0.15) is 9.78 Å². The summed E-state index contributed by atoms with van der Waals surface area (Å²) in [5, 5.41) is 5.54. The first-order valence-electron chi connectivity index (χ1n) is 11.4.